The van der Waals surface area contributed by atoms with Crippen LogP contribution in [0.15, 0.2) is 24.3 Å². The van der Waals surface area contributed by atoms with Gasteiger partial charge in [0.05, 0.1) is 16.9 Å². The maximum atomic E-state index is 13.1. The fourth-order valence-corrected chi connectivity index (χ4v) is 2.10. The van der Waals surface area contributed by atoms with Gasteiger partial charge >= 0.3 is 12.3 Å². The second kappa shape index (κ2) is 6.13. The molecular formula is C13H7Cl2F3N2O3. The molecule has 0 radical (unpaired) electrons. The van der Waals surface area contributed by atoms with Gasteiger partial charge in [-0.25, -0.2) is 9.78 Å². The Bertz CT molecular complexity index is 782. The smallest absolute Gasteiger partial charge is 0.449 e. The number of carboxylic acid groups (broad SMARTS) is 1. The largest absolute Gasteiger partial charge is 0.512 e. The van der Waals surface area contributed by atoms with Crippen molar-refractivity contribution in [3.63, 3.8) is 0 Å². The van der Waals surface area contributed by atoms with E-state index >= 15 is 0 Å². The van der Waals surface area contributed by atoms with Crippen molar-refractivity contribution in [3.8, 4) is 17.1 Å². The van der Waals surface area contributed by atoms with E-state index in [1.807, 2.05) is 0 Å². The van der Waals surface area contributed by atoms with Crippen molar-refractivity contribution in [1.82, 2.24) is 4.98 Å². The number of halogens is 5. The molecule has 5 nitrogen and oxygen atoms in total. The van der Waals surface area contributed by atoms with Crippen LogP contribution in [0.4, 0.5) is 23.7 Å². The van der Waals surface area contributed by atoms with Crippen molar-refractivity contribution >= 4 is 35.0 Å². The van der Waals surface area contributed by atoms with Crippen LogP contribution < -0.4 is 10.5 Å². The third-order valence-electron chi connectivity index (χ3n) is 2.70. The SMILES string of the molecule is Nc1cc(-c2ccc(Cl)cc2C(F)(F)F)nc(OC(=O)O)c1Cl. The summed E-state index contributed by atoms with van der Waals surface area (Å²) in [4.78, 5) is 14.3. The first-order valence-corrected chi connectivity index (χ1v) is 6.59. The average molecular weight is 367 g/mol. The Kier molecular flexibility index (Phi) is 4.58. The molecule has 0 amide bonds. The highest BCUT2D eigenvalue weighted by Gasteiger charge is 2.34. The molecule has 0 unspecified atom stereocenters. The highest BCUT2D eigenvalue weighted by molar-refractivity contribution is 6.34. The fraction of sp³-hybridized carbons (Fsp3) is 0.0769. The van der Waals surface area contributed by atoms with Gasteiger partial charge in [0.1, 0.15) is 5.02 Å². The lowest BCUT2D eigenvalue weighted by atomic mass is 10.0. The standard InChI is InChI=1S/C13H7Cl2F3N2O3/c14-5-1-2-6(7(3-5)13(16,17)18)9-4-8(19)10(15)11(20-9)23-12(21)22/h1-4H,(H2,19,20)(H,21,22). The lowest BCUT2D eigenvalue weighted by molar-refractivity contribution is -0.137. The van der Waals surface area contributed by atoms with Crippen LogP contribution in [0.2, 0.25) is 10.0 Å². The molecule has 0 bridgehead atoms. The molecule has 1 aromatic carbocycles. The van der Waals surface area contributed by atoms with Gasteiger partial charge in [0.15, 0.2) is 0 Å². The van der Waals surface area contributed by atoms with Crippen molar-refractivity contribution in [2.45, 2.75) is 6.18 Å². The first kappa shape index (κ1) is 17.2. The van der Waals surface area contributed by atoms with Crippen LogP contribution in [0.5, 0.6) is 5.88 Å². The summed E-state index contributed by atoms with van der Waals surface area (Å²) >= 11 is 11.3. The number of ether oxygens (including phenoxy) is 1. The predicted octanol–water partition coefficient (Wildman–Crippen LogP) is 4.71. The molecule has 2 rings (SSSR count). The lowest BCUT2D eigenvalue weighted by Gasteiger charge is -2.14. The molecule has 1 heterocycles. The summed E-state index contributed by atoms with van der Waals surface area (Å²) < 4.78 is 43.7. The zero-order valence-electron chi connectivity index (χ0n) is 11.0. The summed E-state index contributed by atoms with van der Waals surface area (Å²) in [5.41, 5.74) is 3.73. The minimum atomic E-state index is -4.70. The maximum absolute atomic E-state index is 13.1. The molecule has 0 saturated heterocycles. The van der Waals surface area contributed by atoms with Gasteiger partial charge in [-0.05, 0) is 18.2 Å². The zero-order chi connectivity index (χ0) is 17.4. The summed E-state index contributed by atoms with van der Waals surface area (Å²) in [5.74, 6) is -0.614. The molecule has 122 valence electrons. The minimum absolute atomic E-state index is 0.120. The number of benzene rings is 1. The molecule has 0 saturated carbocycles. The monoisotopic (exact) mass is 366 g/mol. The molecule has 2 aromatic rings. The van der Waals surface area contributed by atoms with Crippen LogP contribution in [-0.2, 0) is 6.18 Å². The van der Waals surface area contributed by atoms with Gasteiger partial charge in [0, 0.05) is 10.6 Å². The van der Waals surface area contributed by atoms with Crippen molar-refractivity contribution in [3.05, 3.63) is 39.9 Å². The van der Waals surface area contributed by atoms with Crippen LogP contribution in [-0.4, -0.2) is 16.2 Å². The summed E-state index contributed by atoms with van der Waals surface area (Å²) in [6.45, 7) is 0. The number of carbonyl (C=O) groups is 1. The van der Waals surface area contributed by atoms with E-state index in [0.29, 0.717) is 0 Å². The lowest BCUT2D eigenvalue weighted by Crippen LogP contribution is -2.09. The fourth-order valence-electron chi connectivity index (χ4n) is 1.79. The van der Waals surface area contributed by atoms with Gasteiger partial charge in [-0.15, -0.1) is 0 Å². The van der Waals surface area contributed by atoms with Crippen LogP contribution in [0.25, 0.3) is 11.3 Å². The number of aromatic nitrogens is 1. The number of alkyl halides is 3. The van der Waals surface area contributed by atoms with Crippen LogP contribution in [0.1, 0.15) is 5.56 Å². The van der Waals surface area contributed by atoms with Crippen molar-refractivity contribution < 1.29 is 27.8 Å². The molecule has 3 N–H and O–H groups in total. The zero-order valence-corrected chi connectivity index (χ0v) is 12.5. The number of rotatable bonds is 2. The minimum Gasteiger partial charge on any atom is -0.449 e. The first-order chi connectivity index (χ1) is 10.6. The molecule has 0 aliphatic carbocycles. The molecule has 0 aliphatic rings. The van der Waals surface area contributed by atoms with E-state index in [2.05, 4.69) is 9.72 Å². The Hall–Kier alpha value is -2.19. The van der Waals surface area contributed by atoms with E-state index in [1.165, 1.54) is 6.07 Å². The van der Waals surface area contributed by atoms with Crippen molar-refractivity contribution in [2.24, 2.45) is 0 Å². The van der Waals surface area contributed by atoms with Gasteiger partial charge in [-0.3, -0.25) is 0 Å². The molecule has 0 atom stereocenters. The van der Waals surface area contributed by atoms with Crippen LogP contribution in [0.3, 0.4) is 0 Å². The molecule has 10 heteroatoms. The normalized spacial score (nSPS) is 11.3. The molecule has 1 aromatic heterocycles. The number of hydrogen-bond donors (Lipinski definition) is 2. The van der Waals surface area contributed by atoms with E-state index in [4.69, 9.17) is 34.0 Å². The van der Waals surface area contributed by atoms with Crippen molar-refractivity contribution in [2.75, 3.05) is 5.73 Å². The van der Waals surface area contributed by atoms with Crippen molar-refractivity contribution in [1.29, 1.82) is 0 Å². The number of nitrogens with two attached hydrogens (primary N) is 1. The second-order valence-corrected chi connectivity index (χ2v) is 5.09. The highest BCUT2D eigenvalue weighted by atomic mass is 35.5. The average Bonchev–Trinajstić information content (AvgIpc) is 2.42. The van der Waals surface area contributed by atoms with Gasteiger partial charge in [-0.1, -0.05) is 29.3 Å². The number of anilines is 1. The topological polar surface area (TPSA) is 85.4 Å². The Morgan fingerprint density at radius 2 is 1.91 bits per heavy atom. The van der Waals surface area contributed by atoms with E-state index in [1.54, 1.807) is 0 Å². The van der Waals surface area contributed by atoms with E-state index < -0.39 is 23.8 Å². The quantitative estimate of drug-likeness (QED) is 0.751. The number of nitrogen functional groups attached to an aromatic ring is 1. The first-order valence-electron chi connectivity index (χ1n) is 5.83. The van der Waals surface area contributed by atoms with Gasteiger partial charge in [-0.2, -0.15) is 13.2 Å². The predicted molar refractivity (Wildman–Crippen MR) is 77.8 cm³/mol. The molecular weight excluding hydrogens is 360 g/mol. The summed E-state index contributed by atoms with van der Waals surface area (Å²) in [6.07, 6.45) is -6.44. The van der Waals surface area contributed by atoms with Gasteiger partial charge < -0.3 is 15.6 Å². The number of nitrogens with zero attached hydrogens (tertiary/aromatic N) is 1. The number of hydrogen-bond acceptors (Lipinski definition) is 4. The summed E-state index contributed by atoms with van der Waals surface area (Å²) in [6, 6.07) is 4.12. The highest BCUT2D eigenvalue weighted by Crippen LogP contribution is 2.40. The maximum Gasteiger partial charge on any atom is 0.512 e. The third kappa shape index (κ3) is 3.77. The third-order valence-corrected chi connectivity index (χ3v) is 3.32. The molecule has 0 spiro atoms. The van der Waals surface area contributed by atoms with E-state index in [-0.39, 0.29) is 27.0 Å². The molecule has 0 fully saturated rings. The van der Waals surface area contributed by atoms with E-state index in [0.717, 1.165) is 18.2 Å². The Balaban J connectivity index is 2.68. The Morgan fingerprint density at radius 3 is 2.48 bits per heavy atom. The van der Waals surface area contributed by atoms with Crippen LogP contribution >= 0.6 is 23.2 Å². The van der Waals surface area contributed by atoms with Gasteiger partial charge in [0.2, 0.25) is 5.88 Å². The number of pyridine rings is 1. The summed E-state index contributed by atoms with van der Waals surface area (Å²) in [5, 5.41) is 8.16. The summed E-state index contributed by atoms with van der Waals surface area (Å²) in [7, 11) is 0. The van der Waals surface area contributed by atoms with Crippen LogP contribution in [0, 0.1) is 0 Å². The Morgan fingerprint density at radius 1 is 1.26 bits per heavy atom. The second-order valence-electron chi connectivity index (χ2n) is 4.27. The van der Waals surface area contributed by atoms with Gasteiger partial charge in [0.25, 0.3) is 0 Å². The Labute approximate surface area is 137 Å². The molecule has 23 heavy (non-hydrogen) atoms. The van der Waals surface area contributed by atoms with E-state index in [9.17, 15) is 18.0 Å². The molecule has 0 aliphatic heterocycles.